The maximum atomic E-state index is 13.5. The van der Waals surface area contributed by atoms with E-state index in [0.29, 0.717) is 26.2 Å². The number of allylic oxidation sites excluding steroid dienone is 1. The maximum absolute atomic E-state index is 13.5. The molecule has 0 saturated carbocycles. The lowest BCUT2D eigenvalue weighted by Gasteiger charge is -2.24. The lowest BCUT2D eigenvalue weighted by molar-refractivity contribution is -0.139. The van der Waals surface area contributed by atoms with E-state index in [2.05, 4.69) is 4.99 Å². The third-order valence-electron chi connectivity index (χ3n) is 5.26. The molecule has 0 spiro atoms. The lowest BCUT2D eigenvalue weighted by atomic mass is 9.96. The molecular formula is C25H22N2O5S. The van der Waals surface area contributed by atoms with Crippen molar-refractivity contribution in [3.8, 4) is 0 Å². The normalized spacial score (nSPS) is 15.6. The zero-order valence-corrected chi connectivity index (χ0v) is 19.2. The van der Waals surface area contributed by atoms with Gasteiger partial charge in [0.15, 0.2) is 4.80 Å². The van der Waals surface area contributed by atoms with Crippen LogP contribution in [-0.2, 0) is 14.3 Å². The topological polar surface area (TPSA) is 87.0 Å². The molecule has 1 atom stereocenters. The minimum Gasteiger partial charge on any atom is -0.465 e. The van der Waals surface area contributed by atoms with E-state index in [4.69, 9.17) is 9.47 Å². The number of fused-ring (bicyclic) bond motifs is 1. The molecule has 0 N–H and O–H groups in total. The van der Waals surface area contributed by atoms with Gasteiger partial charge in [0, 0.05) is 0 Å². The molecule has 0 amide bonds. The van der Waals surface area contributed by atoms with Crippen LogP contribution < -0.4 is 14.9 Å². The van der Waals surface area contributed by atoms with Crippen LogP contribution in [0.1, 0.15) is 41.4 Å². The van der Waals surface area contributed by atoms with E-state index in [1.165, 1.54) is 18.4 Å². The summed E-state index contributed by atoms with van der Waals surface area (Å²) in [6, 6.07) is 15.5. The van der Waals surface area contributed by atoms with E-state index >= 15 is 0 Å². The van der Waals surface area contributed by atoms with Crippen molar-refractivity contribution >= 4 is 29.4 Å². The van der Waals surface area contributed by atoms with Gasteiger partial charge in [-0.3, -0.25) is 9.36 Å². The number of hydrogen-bond donors (Lipinski definition) is 0. The third kappa shape index (κ3) is 4.29. The molecule has 2 heterocycles. The Labute approximate surface area is 193 Å². The highest BCUT2D eigenvalue weighted by molar-refractivity contribution is 7.07. The first-order valence-electron chi connectivity index (χ1n) is 10.4. The van der Waals surface area contributed by atoms with Gasteiger partial charge in [-0.25, -0.2) is 14.6 Å². The predicted molar refractivity (Wildman–Crippen MR) is 125 cm³/mol. The monoisotopic (exact) mass is 462 g/mol. The molecule has 1 aliphatic heterocycles. The van der Waals surface area contributed by atoms with Gasteiger partial charge in [0.25, 0.3) is 5.56 Å². The van der Waals surface area contributed by atoms with Crippen molar-refractivity contribution in [2.45, 2.75) is 19.9 Å². The van der Waals surface area contributed by atoms with Gasteiger partial charge in [0.1, 0.15) is 0 Å². The summed E-state index contributed by atoms with van der Waals surface area (Å²) in [7, 11) is 1.33. The lowest BCUT2D eigenvalue weighted by Crippen LogP contribution is -2.39. The molecule has 1 aliphatic rings. The molecule has 168 valence electrons. The Bertz CT molecular complexity index is 1420. The quantitative estimate of drug-likeness (QED) is 0.544. The second-order valence-electron chi connectivity index (χ2n) is 7.33. The average Bonchev–Trinajstić information content (AvgIpc) is 3.13. The van der Waals surface area contributed by atoms with Crippen molar-refractivity contribution in [1.82, 2.24) is 4.57 Å². The second kappa shape index (κ2) is 9.38. The molecular weight excluding hydrogens is 440 g/mol. The summed E-state index contributed by atoms with van der Waals surface area (Å²) in [6.07, 6.45) is 1.75. The highest BCUT2D eigenvalue weighted by atomic mass is 32.1. The second-order valence-corrected chi connectivity index (χ2v) is 8.34. The third-order valence-corrected chi connectivity index (χ3v) is 6.24. The zero-order valence-electron chi connectivity index (χ0n) is 18.4. The van der Waals surface area contributed by atoms with Gasteiger partial charge in [0.05, 0.1) is 41.1 Å². The molecule has 0 fully saturated rings. The molecule has 8 heteroatoms. The number of ether oxygens (including phenoxy) is 2. The van der Waals surface area contributed by atoms with Crippen molar-refractivity contribution in [2.24, 2.45) is 4.99 Å². The molecule has 2 aromatic carbocycles. The first-order valence-corrected chi connectivity index (χ1v) is 11.2. The van der Waals surface area contributed by atoms with Crippen LogP contribution in [0.15, 0.2) is 75.7 Å². The van der Waals surface area contributed by atoms with E-state index in [9.17, 15) is 14.4 Å². The number of nitrogens with zero attached hydrogens (tertiary/aromatic N) is 2. The zero-order chi connectivity index (χ0) is 23.5. The van der Waals surface area contributed by atoms with Crippen LogP contribution in [0.2, 0.25) is 0 Å². The summed E-state index contributed by atoms with van der Waals surface area (Å²) < 4.78 is 12.0. The first kappa shape index (κ1) is 22.4. The molecule has 3 aromatic rings. The van der Waals surface area contributed by atoms with Gasteiger partial charge in [-0.15, -0.1) is 0 Å². The fraction of sp³-hybridized carbons (Fsp3) is 0.200. The van der Waals surface area contributed by atoms with Gasteiger partial charge < -0.3 is 9.47 Å². The number of carbonyl (C=O) groups excluding carboxylic acids is 2. The van der Waals surface area contributed by atoms with E-state index in [0.717, 1.165) is 11.1 Å². The SMILES string of the molecule is CCOC(=O)C1=C(C)N=c2s/c(=C/c3ccc(C(=O)OC)cc3)c(=O)n2C1c1ccccc1. The van der Waals surface area contributed by atoms with Crippen LogP contribution in [-0.4, -0.2) is 30.2 Å². The van der Waals surface area contributed by atoms with Crippen LogP contribution in [0.5, 0.6) is 0 Å². The number of methoxy groups -OCH3 is 1. The number of hydrogen-bond acceptors (Lipinski definition) is 7. The predicted octanol–water partition coefficient (Wildman–Crippen LogP) is 2.58. The molecule has 0 saturated heterocycles. The van der Waals surface area contributed by atoms with Gasteiger partial charge in [-0.2, -0.15) is 0 Å². The number of thiazole rings is 1. The largest absolute Gasteiger partial charge is 0.465 e. The summed E-state index contributed by atoms with van der Waals surface area (Å²) in [4.78, 5) is 43.0. The van der Waals surface area contributed by atoms with Crippen LogP contribution in [0, 0.1) is 0 Å². The minimum atomic E-state index is -0.634. The molecule has 0 bridgehead atoms. The summed E-state index contributed by atoms with van der Waals surface area (Å²) in [5, 5.41) is 0. The smallest absolute Gasteiger partial charge is 0.338 e. The molecule has 0 radical (unpaired) electrons. The molecule has 0 aliphatic carbocycles. The highest BCUT2D eigenvalue weighted by Crippen LogP contribution is 2.30. The number of rotatable bonds is 5. The molecule has 1 unspecified atom stereocenters. The molecule has 1 aromatic heterocycles. The Hall–Kier alpha value is -3.78. The number of aromatic nitrogens is 1. The van der Waals surface area contributed by atoms with E-state index in [1.807, 2.05) is 30.3 Å². The standard InChI is InChI=1S/C25H22N2O5S/c1-4-32-24(30)20-15(2)26-25-27(21(20)17-8-6-5-7-9-17)22(28)19(33-25)14-16-10-12-18(13-11-16)23(29)31-3/h5-14,21H,4H2,1-3H3/b19-14+. The van der Waals surface area contributed by atoms with Crippen molar-refractivity contribution < 1.29 is 19.1 Å². The van der Waals surface area contributed by atoms with E-state index in [1.54, 1.807) is 48.8 Å². The van der Waals surface area contributed by atoms with E-state index in [-0.39, 0.29) is 12.2 Å². The Kier molecular flexibility index (Phi) is 6.37. The van der Waals surface area contributed by atoms with E-state index < -0.39 is 18.0 Å². The Balaban J connectivity index is 1.87. The summed E-state index contributed by atoms with van der Waals surface area (Å²) in [6.45, 7) is 3.72. The number of carbonyl (C=O) groups is 2. The minimum absolute atomic E-state index is 0.225. The van der Waals surface area contributed by atoms with Crippen LogP contribution >= 0.6 is 11.3 Å². The Morgan fingerprint density at radius 1 is 1.09 bits per heavy atom. The van der Waals surface area contributed by atoms with Gasteiger partial charge in [-0.05, 0) is 43.2 Å². The first-order chi connectivity index (χ1) is 15.9. The average molecular weight is 463 g/mol. The molecule has 33 heavy (non-hydrogen) atoms. The molecule has 7 nitrogen and oxygen atoms in total. The fourth-order valence-corrected chi connectivity index (χ4v) is 4.77. The van der Waals surface area contributed by atoms with Crippen molar-refractivity contribution in [3.05, 3.63) is 102 Å². The number of benzene rings is 2. The van der Waals surface area contributed by atoms with Crippen LogP contribution in [0.4, 0.5) is 0 Å². The van der Waals surface area contributed by atoms with Crippen LogP contribution in [0.3, 0.4) is 0 Å². The summed E-state index contributed by atoms with van der Waals surface area (Å²) in [5.74, 6) is -0.911. The summed E-state index contributed by atoms with van der Waals surface area (Å²) >= 11 is 1.25. The Morgan fingerprint density at radius 3 is 2.42 bits per heavy atom. The Morgan fingerprint density at radius 2 is 1.79 bits per heavy atom. The van der Waals surface area contributed by atoms with Crippen molar-refractivity contribution in [3.63, 3.8) is 0 Å². The molecule has 4 rings (SSSR count). The highest BCUT2D eigenvalue weighted by Gasteiger charge is 2.33. The van der Waals surface area contributed by atoms with Gasteiger partial charge in [-0.1, -0.05) is 53.8 Å². The van der Waals surface area contributed by atoms with Crippen molar-refractivity contribution in [2.75, 3.05) is 13.7 Å². The van der Waals surface area contributed by atoms with Gasteiger partial charge >= 0.3 is 11.9 Å². The maximum Gasteiger partial charge on any atom is 0.338 e. The van der Waals surface area contributed by atoms with Crippen molar-refractivity contribution in [1.29, 1.82) is 0 Å². The van der Waals surface area contributed by atoms with Crippen LogP contribution in [0.25, 0.3) is 6.08 Å². The summed E-state index contributed by atoms with van der Waals surface area (Å²) in [5.41, 5.74) is 2.60. The number of esters is 2. The fourth-order valence-electron chi connectivity index (χ4n) is 3.73. The van der Waals surface area contributed by atoms with Gasteiger partial charge in [0.2, 0.25) is 0 Å².